The van der Waals surface area contributed by atoms with Gasteiger partial charge in [0.05, 0.1) is 13.8 Å². The van der Waals surface area contributed by atoms with E-state index in [1.165, 1.54) is 37.7 Å². The molecule has 1 aliphatic rings. The van der Waals surface area contributed by atoms with Crippen LogP contribution >= 0.6 is 0 Å². The molecule has 1 aliphatic carbocycles. The van der Waals surface area contributed by atoms with Gasteiger partial charge in [-0.1, -0.05) is 69.2 Å². The van der Waals surface area contributed by atoms with E-state index < -0.39 is 8.07 Å². The van der Waals surface area contributed by atoms with Crippen LogP contribution in [0.15, 0.2) is 42.6 Å². The Bertz CT molecular complexity index is 622. The average Bonchev–Trinajstić information content (AvgIpc) is 2.55. The molecular weight excluding hydrogens is 282 g/mol. The fraction of sp³-hybridized carbons (Fsp3) is 0.450. The first-order chi connectivity index (χ1) is 10.6. The zero-order chi connectivity index (χ0) is 15.6. The molecule has 0 amide bonds. The summed E-state index contributed by atoms with van der Waals surface area (Å²) < 4.78 is 0. The van der Waals surface area contributed by atoms with Gasteiger partial charge in [-0.3, -0.25) is 4.98 Å². The molecule has 0 N–H and O–H groups in total. The van der Waals surface area contributed by atoms with E-state index in [2.05, 4.69) is 62.2 Å². The van der Waals surface area contributed by atoms with Crippen molar-refractivity contribution in [1.82, 2.24) is 4.98 Å². The molecule has 0 radical (unpaired) electrons. The van der Waals surface area contributed by atoms with Crippen LogP contribution in [0.1, 0.15) is 43.6 Å². The Balaban J connectivity index is 2.06. The number of benzene rings is 1. The second kappa shape index (κ2) is 6.37. The molecule has 116 valence electrons. The number of nitrogens with zero attached hydrogens (tertiary/aromatic N) is 1. The van der Waals surface area contributed by atoms with Gasteiger partial charge in [-0.05, 0) is 35.6 Å². The third-order valence-electron chi connectivity index (χ3n) is 4.86. The Morgan fingerprint density at radius 1 is 0.955 bits per heavy atom. The molecule has 0 atom stereocenters. The van der Waals surface area contributed by atoms with Gasteiger partial charge >= 0.3 is 0 Å². The quantitative estimate of drug-likeness (QED) is 0.697. The zero-order valence-electron chi connectivity index (χ0n) is 14.1. The lowest BCUT2D eigenvalue weighted by Gasteiger charge is -2.29. The van der Waals surface area contributed by atoms with Gasteiger partial charge in [0, 0.05) is 11.8 Å². The van der Waals surface area contributed by atoms with Crippen LogP contribution in [-0.2, 0) is 0 Å². The smallest absolute Gasteiger partial charge is 0.0799 e. The van der Waals surface area contributed by atoms with Gasteiger partial charge in [0.15, 0.2) is 0 Å². The molecule has 1 aromatic heterocycles. The van der Waals surface area contributed by atoms with Crippen molar-refractivity contribution in [2.45, 2.75) is 57.7 Å². The summed E-state index contributed by atoms with van der Waals surface area (Å²) in [6.07, 6.45) is 9.09. The van der Waals surface area contributed by atoms with E-state index in [-0.39, 0.29) is 0 Å². The Hall–Kier alpha value is -1.41. The highest BCUT2D eigenvalue weighted by atomic mass is 28.3. The largest absolute Gasteiger partial charge is 0.256 e. The van der Waals surface area contributed by atoms with Crippen LogP contribution in [0.2, 0.25) is 19.6 Å². The average molecular weight is 310 g/mol. The van der Waals surface area contributed by atoms with Crippen LogP contribution in [-0.4, -0.2) is 13.1 Å². The van der Waals surface area contributed by atoms with Crippen molar-refractivity contribution in [1.29, 1.82) is 0 Å². The van der Waals surface area contributed by atoms with Crippen LogP contribution in [0.25, 0.3) is 11.3 Å². The second-order valence-corrected chi connectivity index (χ2v) is 12.6. The van der Waals surface area contributed by atoms with Crippen LogP contribution in [0.3, 0.4) is 0 Å². The van der Waals surface area contributed by atoms with E-state index in [4.69, 9.17) is 4.98 Å². The van der Waals surface area contributed by atoms with Gasteiger partial charge < -0.3 is 0 Å². The first-order valence-corrected chi connectivity index (χ1v) is 12.1. The van der Waals surface area contributed by atoms with E-state index in [0.717, 1.165) is 11.6 Å². The summed E-state index contributed by atoms with van der Waals surface area (Å²) in [7, 11) is -1.35. The molecule has 0 spiro atoms. The minimum atomic E-state index is -1.35. The van der Waals surface area contributed by atoms with E-state index in [9.17, 15) is 0 Å². The fourth-order valence-corrected chi connectivity index (χ4v) is 5.21. The summed E-state index contributed by atoms with van der Waals surface area (Å²) in [5.74, 6) is 0.751. The molecule has 1 nitrogen and oxygen atoms in total. The highest BCUT2D eigenvalue weighted by Crippen LogP contribution is 2.34. The Morgan fingerprint density at radius 2 is 1.64 bits per heavy atom. The SMILES string of the molecule is C[Si](C)(C)c1cnc(-c2ccccc2)cc1C1CCCCC1. The zero-order valence-corrected chi connectivity index (χ0v) is 15.1. The van der Waals surface area contributed by atoms with Crippen molar-refractivity contribution in [3.63, 3.8) is 0 Å². The van der Waals surface area contributed by atoms with Crippen molar-refractivity contribution in [3.8, 4) is 11.3 Å². The lowest BCUT2D eigenvalue weighted by Crippen LogP contribution is -2.41. The maximum atomic E-state index is 4.81. The Morgan fingerprint density at radius 3 is 2.27 bits per heavy atom. The third kappa shape index (κ3) is 3.32. The third-order valence-corrected chi connectivity index (χ3v) is 6.89. The molecule has 2 heteroatoms. The molecule has 0 bridgehead atoms. The molecule has 1 heterocycles. The summed E-state index contributed by atoms with van der Waals surface area (Å²) in [5, 5.41) is 1.57. The van der Waals surface area contributed by atoms with E-state index in [1.54, 1.807) is 10.8 Å². The second-order valence-electron chi connectivity index (χ2n) is 7.61. The van der Waals surface area contributed by atoms with Crippen molar-refractivity contribution < 1.29 is 0 Å². The molecule has 0 aliphatic heterocycles. The predicted molar refractivity (Wildman–Crippen MR) is 98.5 cm³/mol. The van der Waals surface area contributed by atoms with Gasteiger partial charge in [0.2, 0.25) is 0 Å². The number of hydrogen-bond donors (Lipinski definition) is 0. The van der Waals surface area contributed by atoms with Crippen LogP contribution in [0, 0.1) is 0 Å². The lowest BCUT2D eigenvalue weighted by molar-refractivity contribution is 0.444. The van der Waals surface area contributed by atoms with E-state index in [0.29, 0.717) is 0 Å². The minimum absolute atomic E-state index is 0.751. The van der Waals surface area contributed by atoms with E-state index >= 15 is 0 Å². The molecule has 1 aromatic carbocycles. The monoisotopic (exact) mass is 309 g/mol. The highest BCUT2D eigenvalue weighted by Gasteiger charge is 2.26. The molecular formula is C20H27NSi. The predicted octanol–water partition coefficient (Wildman–Crippen LogP) is 5.34. The fourth-order valence-electron chi connectivity index (χ4n) is 3.62. The van der Waals surface area contributed by atoms with Gasteiger partial charge in [-0.15, -0.1) is 0 Å². The van der Waals surface area contributed by atoms with E-state index in [1.807, 2.05) is 0 Å². The van der Waals surface area contributed by atoms with Gasteiger partial charge in [-0.25, -0.2) is 0 Å². The van der Waals surface area contributed by atoms with Crippen molar-refractivity contribution in [2.75, 3.05) is 0 Å². The van der Waals surface area contributed by atoms with Gasteiger partial charge in [0.25, 0.3) is 0 Å². The molecule has 0 saturated heterocycles. The summed E-state index contributed by atoms with van der Waals surface area (Å²) in [5.41, 5.74) is 3.98. The van der Waals surface area contributed by atoms with Gasteiger partial charge in [0.1, 0.15) is 0 Å². The molecule has 2 aromatic rings. The van der Waals surface area contributed by atoms with Crippen molar-refractivity contribution in [3.05, 3.63) is 48.2 Å². The number of rotatable bonds is 3. The lowest BCUT2D eigenvalue weighted by atomic mass is 9.84. The summed E-state index contributed by atoms with van der Waals surface area (Å²) in [6.45, 7) is 7.33. The Kier molecular flexibility index (Phi) is 4.48. The molecule has 1 fully saturated rings. The maximum Gasteiger partial charge on any atom is 0.0799 e. The molecule has 0 unspecified atom stereocenters. The van der Waals surface area contributed by atoms with Gasteiger partial charge in [-0.2, -0.15) is 0 Å². The number of pyridine rings is 1. The first-order valence-electron chi connectivity index (χ1n) is 8.61. The summed E-state index contributed by atoms with van der Waals surface area (Å²) >= 11 is 0. The Labute approximate surface area is 135 Å². The standard InChI is InChI=1S/C20H27NSi/c1-22(2,3)20-15-21-19(17-12-8-5-9-13-17)14-18(20)16-10-6-4-7-11-16/h5,8-9,12-16H,4,6-7,10-11H2,1-3H3. The number of hydrogen-bond acceptors (Lipinski definition) is 1. The summed E-state index contributed by atoms with van der Waals surface area (Å²) in [6, 6.07) is 13.0. The minimum Gasteiger partial charge on any atom is -0.256 e. The van der Waals surface area contributed by atoms with Crippen LogP contribution in [0.5, 0.6) is 0 Å². The highest BCUT2D eigenvalue weighted by molar-refractivity contribution is 6.89. The topological polar surface area (TPSA) is 12.9 Å². The van der Waals surface area contributed by atoms with Crippen molar-refractivity contribution in [2.24, 2.45) is 0 Å². The summed E-state index contributed by atoms with van der Waals surface area (Å²) in [4.78, 5) is 4.81. The normalized spacial score (nSPS) is 16.7. The van der Waals surface area contributed by atoms with Crippen LogP contribution < -0.4 is 5.19 Å². The molecule has 3 rings (SSSR count). The first kappa shape index (κ1) is 15.5. The maximum absolute atomic E-state index is 4.81. The van der Waals surface area contributed by atoms with Crippen molar-refractivity contribution >= 4 is 13.3 Å². The molecule has 1 saturated carbocycles. The number of aromatic nitrogens is 1. The molecule has 22 heavy (non-hydrogen) atoms. The van der Waals surface area contributed by atoms with Crippen LogP contribution in [0.4, 0.5) is 0 Å².